The maximum Gasteiger partial charge on any atom is 0.239 e. The van der Waals surface area contributed by atoms with Crippen molar-refractivity contribution in [1.82, 2.24) is 16.0 Å². The van der Waals surface area contributed by atoms with E-state index in [9.17, 15) is 4.79 Å². The van der Waals surface area contributed by atoms with Crippen LogP contribution in [-0.4, -0.2) is 43.0 Å². The predicted molar refractivity (Wildman–Crippen MR) is 105 cm³/mol. The second kappa shape index (κ2) is 10.8. The maximum atomic E-state index is 11.8. The number of hydrogen-bond acceptors (Lipinski definition) is 4. The van der Waals surface area contributed by atoms with E-state index < -0.39 is 0 Å². The first kappa shape index (κ1) is 20.1. The fourth-order valence-corrected chi connectivity index (χ4v) is 3.30. The summed E-state index contributed by atoms with van der Waals surface area (Å²) in [6.45, 7) is 0.594. The van der Waals surface area contributed by atoms with Crippen LogP contribution in [0, 0.1) is 0 Å². The van der Waals surface area contributed by atoms with Crippen LogP contribution >= 0.6 is 35.7 Å². The van der Waals surface area contributed by atoms with Crippen molar-refractivity contribution in [2.75, 3.05) is 19.8 Å². The van der Waals surface area contributed by atoms with Gasteiger partial charge in [0.25, 0.3) is 0 Å². The standard InChI is InChI=1S/C15H24N4O2S.HI/c1-16-15(19-11-5-6-13(8-11)22-2)18-10-14(20)17-9-12-4-3-7-21-12;/h3-4,7,11,13H,5-6,8-10H2,1-2H3,(H,17,20)(H2,16,18,19);1H. The average Bonchev–Trinajstić information content (AvgIpc) is 3.20. The quantitative estimate of drug-likeness (QED) is 0.350. The molecule has 1 heterocycles. The first-order valence-electron chi connectivity index (χ1n) is 7.50. The Morgan fingerprint density at radius 3 is 2.87 bits per heavy atom. The van der Waals surface area contributed by atoms with E-state index in [1.165, 1.54) is 6.42 Å². The highest BCUT2D eigenvalue weighted by atomic mass is 127. The molecule has 1 aliphatic carbocycles. The highest BCUT2D eigenvalue weighted by Crippen LogP contribution is 2.27. The van der Waals surface area contributed by atoms with Gasteiger partial charge in [0, 0.05) is 18.3 Å². The lowest BCUT2D eigenvalue weighted by molar-refractivity contribution is -0.120. The molecule has 1 aromatic heterocycles. The molecule has 3 N–H and O–H groups in total. The molecule has 1 saturated carbocycles. The Morgan fingerprint density at radius 1 is 1.43 bits per heavy atom. The number of nitrogens with zero attached hydrogens (tertiary/aromatic N) is 1. The van der Waals surface area contributed by atoms with Gasteiger partial charge in [0.15, 0.2) is 5.96 Å². The number of carbonyl (C=O) groups is 1. The summed E-state index contributed by atoms with van der Waals surface area (Å²) in [7, 11) is 1.72. The lowest BCUT2D eigenvalue weighted by atomic mass is 10.2. The summed E-state index contributed by atoms with van der Waals surface area (Å²) in [6, 6.07) is 4.07. The monoisotopic (exact) mass is 452 g/mol. The number of guanidine groups is 1. The number of aliphatic imine (C=N–C) groups is 1. The molecule has 0 radical (unpaired) electrons. The number of hydrogen-bond donors (Lipinski definition) is 3. The molecule has 1 aliphatic rings. The van der Waals surface area contributed by atoms with Crippen molar-refractivity contribution >= 4 is 47.6 Å². The Morgan fingerprint density at radius 2 is 2.26 bits per heavy atom. The Labute approximate surface area is 158 Å². The van der Waals surface area contributed by atoms with Crippen molar-refractivity contribution in [3.8, 4) is 0 Å². The van der Waals surface area contributed by atoms with E-state index in [-0.39, 0.29) is 36.4 Å². The minimum Gasteiger partial charge on any atom is -0.467 e. The molecule has 0 bridgehead atoms. The highest BCUT2D eigenvalue weighted by Gasteiger charge is 2.24. The molecular weight excluding hydrogens is 427 g/mol. The zero-order valence-corrected chi connectivity index (χ0v) is 16.6. The molecular formula is C15H25IN4O2S. The zero-order chi connectivity index (χ0) is 15.8. The Balaban J connectivity index is 0.00000264. The molecule has 2 atom stereocenters. The van der Waals surface area contributed by atoms with E-state index in [4.69, 9.17) is 4.42 Å². The van der Waals surface area contributed by atoms with Crippen LogP contribution in [0.4, 0.5) is 0 Å². The Hall–Kier alpha value is -0.900. The van der Waals surface area contributed by atoms with Gasteiger partial charge in [-0.3, -0.25) is 9.79 Å². The van der Waals surface area contributed by atoms with Gasteiger partial charge in [0.1, 0.15) is 5.76 Å². The molecule has 1 aromatic rings. The number of nitrogens with one attached hydrogen (secondary N) is 3. The van der Waals surface area contributed by atoms with E-state index in [0.717, 1.165) is 23.9 Å². The molecule has 1 fully saturated rings. The third-order valence-corrected chi connectivity index (χ3v) is 4.83. The van der Waals surface area contributed by atoms with Crippen molar-refractivity contribution in [3.63, 3.8) is 0 Å². The summed E-state index contributed by atoms with van der Waals surface area (Å²) in [4.78, 5) is 16.0. The number of thioether (sulfide) groups is 1. The number of halogens is 1. The molecule has 6 nitrogen and oxygen atoms in total. The normalized spacial score (nSPS) is 20.7. The first-order chi connectivity index (χ1) is 10.7. The summed E-state index contributed by atoms with van der Waals surface area (Å²) in [6.07, 6.45) is 7.28. The van der Waals surface area contributed by atoms with Crippen LogP contribution in [0.25, 0.3) is 0 Å². The van der Waals surface area contributed by atoms with Gasteiger partial charge in [-0.2, -0.15) is 11.8 Å². The second-order valence-electron chi connectivity index (χ2n) is 5.29. The topological polar surface area (TPSA) is 78.7 Å². The van der Waals surface area contributed by atoms with Crippen LogP contribution in [0.3, 0.4) is 0 Å². The van der Waals surface area contributed by atoms with Gasteiger partial charge in [-0.1, -0.05) is 0 Å². The number of amides is 1. The summed E-state index contributed by atoms with van der Waals surface area (Å²) < 4.78 is 5.17. The van der Waals surface area contributed by atoms with Crippen LogP contribution < -0.4 is 16.0 Å². The lowest BCUT2D eigenvalue weighted by Crippen LogP contribution is -2.46. The fourth-order valence-electron chi connectivity index (χ4n) is 2.50. The third kappa shape index (κ3) is 7.03. The predicted octanol–water partition coefficient (Wildman–Crippen LogP) is 1.96. The minimum absolute atomic E-state index is 0. The Bertz CT molecular complexity index is 496. The number of rotatable bonds is 6. The van der Waals surface area contributed by atoms with Gasteiger partial charge in [-0.25, -0.2) is 0 Å². The largest absolute Gasteiger partial charge is 0.467 e. The lowest BCUT2D eigenvalue weighted by Gasteiger charge is -2.17. The fraction of sp³-hybridized carbons (Fsp3) is 0.600. The molecule has 2 unspecified atom stereocenters. The molecule has 0 spiro atoms. The third-order valence-electron chi connectivity index (χ3n) is 3.74. The molecule has 2 rings (SSSR count). The van der Waals surface area contributed by atoms with Gasteiger partial charge in [0.05, 0.1) is 19.4 Å². The van der Waals surface area contributed by atoms with Crippen molar-refractivity contribution in [2.45, 2.75) is 37.1 Å². The van der Waals surface area contributed by atoms with E-state index in [1.807, 2.05) is 17.8 Å². The van der Waals surface area contributed by atoms with E-state index in [2.05, 4.69) is 27.2 Å². The molecule has 1 amide bonds. The van der Waals surface area contributed by atoms with Crippen molar-refractivity contribution in [3.05, 3.63) is 24.2 Å². The smallest absolute Gasteiger partial charge is 0.239 e. The Kier molecular flexibility index (Phi) is 9.46. The van der Waals surface area contributed by atoms with Crippen LogP contribution in [0.15, 0.2) is 27.8 Å². The summed E-state index contributed by atoms with van der Waals surface area (Å²) in [5.74, 6) is 1.33. The van der Waals surface area contributed by atoms with Crippen molar-refractivity contribution in [2.24, 2.45) is 4.99 Å². The van der Waals surface area contributed by atoms with E-state index in [0.29, 0.717) is 18.5 Å². The summed E-state index contributed by atoms with van der Waals surface area (Å²) >= 11 is 1.92. The van der Waals surface area contributed by atoms with Gasteiger partial charge in [-0.15, -0.1) is 24.0 Å². The second-order valence-corrected chi connectivity index (χ2v) is 6.43. The van der Waals surface area contributed by atoms with Gasteiger partial charge in [0.2, 0.25) is 5.91 Å². The molecule has 130 valence electrons. The minimum atomic E-state index is -0.0900. The van der Waals surface area contributed by atoms with Crippen molar-refractivity contribution < 1.29 is 9.21 Å². The maximum absolute atomic E-state index is 11.8. The van der Waals surface area contributed by atoms with Crippen LogP contribution in [0.1, 0.15) is 25.0 Å². The molecule has 0 saturated heterocycles. The highest BCUT2D eigenvalue weighted by molar-refractivity contribution is 14.0. The molecule has 0 aromatic carbocycles. The van der Waals surface area contributed by atoms with Gasteiger partial charge in [-0.05, 0) is 37.7 Å². The molecule has 8 heteroatoms. The molecule has 23 heavy (non-hydrogen) atoms. The first-order valence-corrected chi connectivity index (χ1v) is 8.79. The zero-order valence-electron chi connectivity index (χ0n) is 13.5. The number of carbonyl (C=O) groups excluding carboxylic acids is 1. The van der Waals surface area contributed by atoms with E-state index >= 15 is 0 Å². The van der Waals surface area contributed by atoms with Gasteiger partial charge < -0.3 is 20.4 Å². The van der Waals surface area contributed by atoms with Gasteiger partial charge >= 0.3 is 0 Å². The number of furan rings is 1. The summed E-state index contributed by atoms with van der Waals surface area (Å²) in [5.41, 5.74) is 0. The van der Waals surface area contributed by atoms with Crippen LogP contribution in [0.2, 0.25) is 0 Å². The van der Waals surface area contributed by atoms with Crippen molar-refractivity contribution in [1.29, 1.82) is 0 Å². The summed E-state index contributed by atoms with van der Waals surface area (Å²) in [5, 5.41) is 9.95. The average molecular weight is 452 g/mol. The molecule has 0 aliphatic heterocycles. The van der Waals surface area contributed by atoms with Crippen LogP contribution in [0.5, 0.6) is 0 Å². The SMILES string of the molecule is CN=C(NCC(=O)NCc1ccco1)NC1CCC(SC)C1.I. The van der Waals surface area contributed by atoms with Crippen LogP contribution in [-0.2, 0) is 11.3 Å². The van der Waals surface area contributed by atoms with E-state index in [1.54, 1.807) is 19.4 Å².